The highest BCUT2D eigenvalue weighted by Crippen LogP contribution is 2.18. The molecule has 0 radical (unpaired) electrons. The molecule has 3 rings (SSSR count). The molecule has 0 atom stereocenters. The molecular formula is C18H26ClN5O. The van der Waals surface area contributed by atoms with Crippen LogP contribution in [-0.2, 0) is 19.5 Å². The highest BCUT2D eigenvalue weighted by molar-refractivity contribution is 5.94. The molecule has 0 spiro atoms. The van der Waals surface area contributed by atoms with Gasteiger partial charge in [0, 0.05) is 50.4 Å². The van der Waals surface area contributed by atoms with E-state index in [2.05, 4.69) is 32.5 Å². The van der Waals surface area contributed by atoms with Gasteiger partial charge in [-0.2, -0.15) is 5.10 Å². The van der Waals surface area contributed by atoms with E-state index < -0.39 is 0 Å². The molecule has 1 aromatic heterocycles. The second-order valence-corrected chi connectivity index (χ2v) is 6.47. The molecule has 1 aliphatic heterocycles. The lowest BCUT2D eigenvalue weighted by atomic mass is 10.1. The Balaban J connectivity index is 0.00000225. The number of hydrogen-bond acceptors (Lipinski definition) is 4. The van der Waals surface area contributed by atoms with Gasteiger partial charge in [-0.15, -0.1) is 12.4 Å². The minimum atomic E-state index is 0. The van der Waals surface area contributed by atoms with Crippen LogP contribution in [0.4, 0.5) is 0 Å². The maximum atomic E-state index is 13.1. The summed E-state index contributed by atoms with van der Waals surface area (Å²) in [4.78, 5) is 17.1. The van der Waals surface area contributed by atoms with Crippen molar-refractivity contribution in [3.8, 4) is 0 Å². The van der Waals surface area contributed by atoms with E-state index >= 15 is 0 Å². The number of likely N-dealkylation sites (N-methyl/N-ethyl adjacent to an activating group) is 1. The summed E-state index contributed by atoms with van der Waals surface area (Å²) in [6, 6.07) is 10.1. The van der Waals surface area contributed by atoms with Crippen LogP contribution in [0.3, 0.4) is 0 Å². The van der Waals surface area contributed by atoms with E-state index in [9.17, 15) is 4.79 Å². The van der Waals surface area contributed by atoms with Crippen LogP contribution in [0.15, 0.2) is 30.3 Å². The van der Waals surface area contributed by atoms with Crippen molar-refractivity contribution < 1.29 is 4.79 Å². The number of H-pyrrole nitrogens is 1. The number of aromatic nitrogens is 2. The first-order valence-corrected chi connectivity index (χ1v) is 8.40. The molecule has 2 heterocycles. The van der Waals surface area contributed by atoms with E-state index in [1.807, 2.05) is 37.2 Å². The Kier molecular flexibility index (Phi) is 6.99. The molecule has 0 bridgehead atoms. The summed E-state index contributed by atoms with van der Waals surface area (Å²) in [6.07, 6.45) is 0.895. The Hall–Kier alpha value is -1.89. The molecule has 1 aromatic carbocycles. The average Bonchev–Trinajstić information content (AvgIpc) is 3.03. The molecule has 0 saturated heterocycles. The SMILES string of the molecule is CN(C)CCN(Cc1ccccc1)C(=O)c1n[nH]c2c1CNCC2.Cl. The van der Waals surface area contributed by atoms with Crippen LogP contribution in [0.5, 0.6) is 0 Å². The van der Waals surface area contributed by atoms with Gasteiger partial charge in [-0.1, -0.05) is 30.3 Å². The average molecular weight is 364 g/mol. The molecule has 0 fully saturated rings. The third-order valence-electron chi connectivity index (χ3n) is 4.33. The molecular weight excluding hydrogens is 338 g/mol. The highest BCUT2D eigenvalue weighted by Gasteiger charge is 2.25. The normalized spacial score (nSPS) is 13.2. The number of fused-ring (bicyclic) bond motifs is 1. The Bertz CT molecular complexity index is 686. The maximum absolute atomic E-state index is 13.1. The van der Waals surface area contributed by atoms with Gasteiger partial charge >= 0.3 is 0 Å². The van der Waals surface area contributed by atoms with Gasteiger partial charge in [0.25, 0.3) is 5.91 Å². The first-order chi connectivity index (χ1) is 11.6. The number of carbonyl (C=O) groups excluding carboxylic acids is 1. The van der Waals surface area contributed by atoms with Crippen molar-refractivity contribution in [3.05, 3.63) is 52.8 Å². The zero-order chi connectivity index (χ0) is 16.9. The number of halogens is 1. The summed E-state index contributed by atoms with van der Waals surface area (Å²) < 4.78 is 0. The van der Waals surface area contributed by atoms with Crippen LogP contribution in [0, 0.1) is 0 Å². The summed E-state index contributed by atoms with van der Waals surface area (Å²) in [5, 5.41) is 10.7. The van der Waals surface area contributed by atoms with Crippen LogP contribution in [0.1, 0.15) is 27.3 Å². The molecule has 2 aromatic rings. The lowest BCUT2D eigenvalue weighted by Gasteiger charge is -2.24. The van der Waals surface area contributed by atoms with E-state index in [1.54, 1.807) is 0 Å². The molecule has 1 amide bonds. The Morgan fingerprint density at radius 2 is 1.96 bits per heavy atom. The molecule has 0 saturated carbocycles. The number of nitrogens with one attached hydrogen (secondary N) is 2. The first kappa shape index (κ1) is 19.4. The van der Waals surface area contributed by atoms with Crippen molar-refractivity contribution in [1.82, 2.24) is 25.3 Å². The van der Waals surface area contributed by atoms with Crippen LogP contribution < -0.4 is 5.32 Å². The summed E-state index contributed by atoms with van der Waals surface area (Å²) >= 11 is 0. The lowest BCUT2D eigenvalue weighted by Crippen LogP contribution is -2.37. The van der Waals surface area contributed by atoms with Crippen molar-refractivity contribution in [2.24, 2.45) is 0 Å². The van der Waals surface area contributed by atoms with Crippen molar-refractivity contribution >= 4 is 18.3 Å². The van der Waals surface area contributed by atoms with E-state index in [0.29, 0.717) is 25.3 Å². The minimum absolute atomic E-state index is 0. The Morgan fingerprint density at radius 1 is 1.20 bits per heavy atom. The molecule has 7 heteroatoms. The van der Waals surface area contributed by atoms with Crippen molar-refractivity contribution in [2.75, 3.05) is 33.7 Å². The molecule has 0 unspecified atom stereocenters. The zero-order valence-corrected chi connectivity index (χ0v) is 15.6. The third-order valence-corrected chi connectivity index (χ3v) is 4.33. The molecule has 1 aliphatic rings. The van der Waals surface area contributed by atoms with Gasteiger partial charge in [0.15, 0.2) is 5.69 Å². The monoisotopic (exact) mass is 363 g/mol. The summed E-state index contributed by atoms with van der Waals surface area (Å²) in [7, 11) is 4.04. The number of nitrogens with zero attached hydrogens (tertiary/aromatic N) is 3. The summed E-state index contributed by atoms with van der Waals surface area (Å²) in [5.74, 6) is 0.00176. The number of rotatable bonds is 6. The number of aromatic amines is 1. The van der Waals surface area contributed by atoms with Crippen LogP contribution >= 0.6 is 12.4 Å². The van der Waals surface area contributed by atoms with Crippen LogP contribution in [-0.4, -0.2) is 59.6 Å². The van der Waals surface area contributed by atoms with Gasteiger partial charge in [-0.3, -0.25) is 9.89 Å². The third kappa shape index (κ3) is 4.81. The van der Waals surface area contributed by atoms with Gasteiger partial charge in [0.2, 0.25) is 0 Å². The minimum Gasteiger partial charge on any atom is -0.332 e. The fourth-order valence-electron chi connectivity index (χ4n) is 2.93. The molecule has 2 N–H and O–H groups in total. The molecule has 0 aliphatic carbocycles. The largest absolute Gasteiger partial charge is 0.332 e. The van der Waals surface area contributed by atoms with E-state index in [1.165, 1.54) is 0 Å². The smallest absolute Gasteiger partial charge is 0.275 e. The topological polar surface area (TPSA) is 64.3 Å². The Morgan fingerprint density at radius 3 is 2.68 bits per heavy atom. The van der Waals surface area contributed by atoms with Crippen molar-refractivity contribution in [3.63, 3.8) is 0 Å². The van der Waals surface area contributed by atoms with Gasteiger partial charge in [-0.05, 0) is 19.7 Å². The standard InChI is InChI=1S/C18H25N5O.ClH/c1-22(2)10-11-23(13-14-6-4-3-5-7-14)18(24)17-15-12-19-9-8-16(15)20-21-17;/h3-7,19H,8-13H2,1-2H3,(H,20,21);1H. The predicted octanol–water partition coefficient (Wildman–Crippen LogP) is 1.68. The number of carbonyl (C=O) groups is 1. The molecule has 25 heavy (non-hydrogen) atoms. The van der Waals surface area contributed by atoms with E-state index in [0.717, 1.165) is 36.3 Å². The second-order valence-electron chi connectivity index (χ2n) is 6.47. The number of benzene rings is 1. The zero-order valence-electron chi connectivity index (χ0n) is 14.8. The van der Waals surface area contributed by atoms with Gasteiger partial charge in [0.1, 0.15) is 0 Å². The number of amides is 1. The van der Waals surface area contributed by atoms with E-state index in [4.69, 9.17) is 0 Å². The van der Waals surface area contributed by atoms with Gasteiger partial charge < -0.3 is 15.1 Å². The fraction of sp³-hybridized carbons (Fsp3) is 0.444. The number of hydrogen-bond donors (Lipinski definition) is 2. The van der Waals surface area contributed by atoms with Crippen LogP contribution in [0.2, 0.25) is 0 Å². The quantitative estimate of drug-likeness (QED) is 0.819. The lowest BCUT2D eigenvalue weighted by molar-refractivity contribution is 0.0724. The van der Waals surface area contributed by atoms with E-state index in [-0.39, 0.29) is 18.3 Å². The first-order valence-electron chi connectivity index (χ1n) is 8.40. The molecule has 136 valence electrons. The van der Waals surface area contributed by atoms with Crippen molar-refractivity contribution in [2.45, 2.75) is 19.5 Å². The molecule has 6 nitrogen and oxygen atoms in total. The second kappa shape index (κ2) is 8.99. The maximum Gasteiger partial charge on any atom is 0.275 e. The van der Waals surface area contributed by atoms with Crippen molar-refractivity contribution in [1.29, 1.82) is 0 Å². The highest BCUT2D eigenvalue weighted by atomic mass is 35.5. The summed E-state index contributed by atoms with van der Waals surface area (Å²) in [6.45, 7) is 3.73. The fourth-order valence-corrected chi connectivity index (χ4v) is 2.93. The predicted molar refractivity (Wildman–Crippen MR) is 101 cm³/mol. The van der Waals surface area contributed by atoms with Gasteiger partial charge in [-0.25, -0.2) is 0 Å². The van der Waals surface area contributed by atoms with Crippen LogP contribution in [0.25, 0.3) is 0 Å². The van der Waals surface area contributed by atoms with Gasteiger partial charge in [0.05, 0.1) is 0 Å². The summed E-state index contributed by atoms with van der Waals surface area (Å²) in [5.41, 5.74) is 3.80. The Labute approximate surface area is 155 Å².